The molecule has 3 amide bonds. The number of rotatable bonds is 4. The summed E-state index contributed by atoms with van der Waals surface area (Å²) in [5.41, 5.74) is 0.876. The molecule has 2 rings (SSSR count). The van der Waals surface area contributed by atoms with Crippen LogP contribution in [0.15, 0.2) is 30.3 Å². The lowest BCUT2D eigenvalue weighted by molar-refractivity contribution is -0.127. The first-order chi connectivity index (χ1) is 10.2. The first kappa shape index (κ1) is 15.5. The van der Waals surface area contributed by atoms with E-state index in [0.29, 0.717) is 32.8 Å². The first-order valence-electron chi connectivity index (χ1n) is 7.17. The fourth-order valence-electron chi connectivity index (χ4n) is 2.38. The number of ether oxygens (including phenoxy) is 1. The molecule has 2 N–H and O–H groups in total. The molecule has 0 spiro atoms. The largest absolute Gasteiger partial charge is 0.379 e. The number of nitrogens with one attached hydrogen (secondary N) is 2. The molecule has 1 atom stereocenters. The normalized spacial score (nSPS) is 17.0. The van der Waals surface area contributed by atoms with Crippen molar-refractivity contribution in [3.05, 3.63) is 35.9 Å². The summed E-state index contributed by atoms with van der Waals surface area (Å²) < 4.78 is 5.33. The molecule has 0 unspecified atom stereocenters. The molecule has 6 nitrogen and oxygen atoms in total. The zero-order valence-corrected chi connectivity index (χ0v) is 12.2. The number of morpholine rings is 1. The van der Waals surface area contributed by atoms with E-state index in [0.717, 1.165) is 5.56 Å². The standard InChI is InChI=1S/C15H21N3O3/c1-2-16-15(20)17-14(19)13(12-6-4-3-5-7-12)18-8-10-21-11-9-18/h3-7,13H,2,8-11H2,1H3,(H2,16,17,19,20)/t13-/m0/s1. The van der Waals surface area contributed by atoms with Crippen molar-refractivity contribution in [2.45, 2.75) is 13.0 Å². The molecule has 0 aliphatic carbocycles. The van der Waals surface area contributed by atoms with E-state index in [1.807, 2.05) is 35.2 Å². The van der Waals surface area contributed by atoms with Crippen molar-refractivity contribution >= 4 is 11.9 Å². The Morgan fingerprint density at radius 1 is 1.24 bits per heavy atom. The molecule has 0 saturated carbocycles. The van der Waals surface area contributed by atoms with E-state index in [2.05, 4.69) is 10.6 Å². The van der Waals surface area contributed by atoms with Gasteiger partial charge < -0.3 is 10.1 Å². The predicted octanol–water partition coefficient (Wildman–Crippen LogP) is 0.906. The molecule has 1 aromatic rings. The topological polar surface area (TPSA) is 70.7 Å². The van der Waals surface area contributed by atoms with Gasteiger partial charge in [-0.1, -0.05) is 30.3 Å². The highest BCUT2D eigenvalue weighted by Gasteiger charge is 2.29. The Hall–Kier alpha value is -1.92. The van der Waals surface area contributed by atoms with Crippen molar-refractivity contribution in [1.82, 2.24) is 15.5 Å². The lowest BCUT2D eigenvalue weighted by atomic mass is 10.0. The molecule has 1 fully saturated rings. The second kappa shape index (κ2) is 7.75. The van der Waals surface area contributed by atoms with Crippen LogP contribution in [0.4, 0.5) is 4.79 Å². The summed E-state index contributed by atoms with van der Waals surface area (Å²) in [5.74, 6) is -0.311. The maximum Gasteiger partial charge on any atom is 0.321 e. The maximum atomic E-state index is 12.5. The fourth-order valence-corrected chi connectivity index (χ4v) is 2.38. The van der Waals surface area contributed by atoms with Crippen LogP contribution in [-0.4, -0.2) is 49.7 Å². The van der Waals surface area contributed by atoms with Crippen LogP contribution in [-0.2, 0) is 9.53 Å². The van der Waals surface area contributed by atoms with Gasteiger partial charge in [0.05, 0.1) is 13.2 Å². The van der Waals surface area contributed by atoms with Crippen molar-refractivity contribution in [1.29, 1.82) is 0 Å². The highest BCUT2D eigenvalue weighted by atomic mass is 16.5. The molecule has 6 heteroatoms. The van der Waals surface area contributed by atoms with E-state index in [9.17, 15) is 9.59 Å². The molecule has 1 aliphatic rings. The van der Waals surface area contributed by atoms with E-state index >= 15 is 0 Å². The second-order valence-electron chi connectivity index (χ2n) is 4.81. The Kier molecular flexibility index (Phi) is 5.71. The van der Waals surface area contributed by atoms with Crippen LogP contribution in [0.25, 0.3) is 0 Å². The minimum Gasteiger partial charge on any atom is -0.379 e. The number of carbonyl (C=O) groups is 2. The van der Waals surface area contributed by atoms with E-state index in [-0.39, 0.29) is 5.91 Å². The van der Waals surface area contributed by atoms with Crippen LogP contribution in [0.3, 0.4) is 0 Å². The molecular formula is C15H21N3O3. The molecule has 0 radical (unpaired) electrons. The summed E-state index contributed by atoms with van der Waals surface area (Å²) in [6, 6.07) is 8.55. The zero-order chi connectivity index (χ0) is 15.1. The summed E-state index contributed by atoms with van der Waals surface area (Å²) in [7, 11) is 0. The fraction of sp³-hybridized carbons (Fsp3) is 0.467. The highest BCUT2D eigenvalue weighted by Crippen LogP contribution is 2.21. The smallest absolute Gasteiger partial charge is 0.321 e. The van der Waals surface area contributed by atoms with Gasteiger partial charge >= 0.3 is 6.03 Å². The first-order valence-corrected chi connectivity index (χ1v) is 7.17. The van der Waals surface area contributed by atoms with Crippen LogP contribution in [0.5, 0.6) is 0 Å². The summed E-state index contributed by atoms with van der Waals surface area (Å²) in [6.45, 7) is 4.81. The third-order valence-electron chi connectivity index (χ3n) is 3.35. The van der Waals surface area contributed by atoms with Gasteiger partial charge in [-0.05, 0) is 12.5 Å². The third kappa shape index (κ3) is 4.27. The average Bonchev–Trinajstić information content (AvgIpc) is 2.50. The van der Waals surface area contributed by atoms with Crippen LogP contribution >= 0.6 is 0 Å². The van der Waals surface area contributed by atoms with Gasteiger partial charge in [-0.2, -0.15) is 0 Å². The maximum absolute atomic E-state index is 12.5. The minimum atomic E-state index is -0.474. The van der Waals surface area contributed by atoms with Gasteiger partial charge in [0.1, 0.15) is 6.04 Å². The number of amides is 3. The van der Waals surface area contributed by atoms with Crippen molar-refractivity contribution < 1.29 is 14.3 Å². The van der Waals surface area contributed by atoms with Crippen LogP contribution in [0.2, 0.25) is 0 Å². The van der Waals surface area contributed by atoms with Gasteiger partial charge in [-0.3, -0.25) is 15.0 Å². The van der Waals surface area contributed by atoms with Crippen molar-refractivity contribution in [3.63, 3.8) is 0 Å². The second-order valence-corrected chi connectivity index (χ2v) is 4.81. The number of carbonyl (C=O) groups excluding carboxylic acids is 2. The van der Waals surface area contributed by atoms with Crippen molar-refractivity contribution in [2.24, 2.45) is 0 Å². The molecule has 1 heterocycles. The van der Waals surface area contributed by atoms with Crippen LogP contribution < -0.4 is 10.6 Å². The van der Waals surface area contributed by atoms with E-state index < -0.39 is 12.1 Å². The number of imide groups is 1. The third-order valence-corrected chi connectivity index (χ3v) is 3.35. The number of nitrogens with zero attached hydrogens (tertiary/aromatic N) is 1. The Morgan fingerprint density at radius 3 is 2.52 bits per heavy atom. The van der Waals surface area contributed by atoms with Crippen LogP contribution in [0, 0.1) is 0 Å². The molecule has 0 aromatic heterocycles. The van der Waals surface area contributed by atoms with E-state index in [1.54, 1.807) is 6.92 Å². The lowest BCUT2D eigenvalue weighted by Gasteiger charge is -2.33. The molecule has 1 aliphatic heterocycles. The van der Waals surface area contributed by atoms with Gasteiger partial charge in [0, 0.05) is 19.6 Å². The lowest BCUT2D eigenvalue weighted by Crippen LogP contribution is -2.49. The number of urea groups is 1. The van der Waals surface area contributed by atoms with Gasteiger partial charge in [0.15, 0.2) is 0 Å². The monoisotopic (exact) mass is 291 g/mol. The molecule has 0 bridgehead atoms. The molecule has 1 aromatic carbocycles. The van der Waals surface area contributed by atoms with Gasteiger partial charge in [-0.15, -0.1) is 0 Å². The van der Waals surface area contributed by atoms with Crippen LogP contribution in [0.1, 0.15) is 18.5 Å². The molecule has 114 valence electrons. The quantitative estimate of drug-likeness (QED) is 0.865. The number of hydrogen-bond donors (Lipinski definition) is 2. The Labute approximate surface area is 124 Å². The van der Waals surface area contributed by atoms with E-state index in [1.165, 1.54) is 0 Å². The Balaban J connectivity index is 2.15. The zero-order valence-electron chi connectivity index (χ0n) is 12.2. The summed E-state index contributed by atoms with van der Waals surface area (Å²) in [6.07, 6.45) is 0. The molecule has 1 saturated heterocycles. The Morgan fingerprint density at radius 2 is 1.90 bits per heavy atom. The average molecular weight is 291 g/mol. The van der Waals surface area contributed by atoms with Gasteiger partial charge in [0.25, 0.3) is 0 Å². The van der Waals surface area contributed by atoms with E-state index in [4.69, 9.17) is 4.74 Å². The van der Waals surface area contributed by atoms with Gasteiger partial charge in [0.2, 0.25) is 5.91 Å². The molecule has 21 heavy (non-hydrogen) atoms. The molecular weight excluding hydrogens is 270 g/mol. The number of benzene rings is 1. The minimum absolute atomic E-state index is 0.311. The predicted molar refractivity (Wildman–Crippen MR) is 78.8 cm³/mol. The van der Waals surface area contributed by atoms with Gasteiger partial charge in [-0.25, -0.2) is 4.79 Å². The summed E-state index contributed by atoms with van der Waals surface area (Å²) in [5, 5.41) is 4.98. The van der Waals surface area contributed by atoms with Crippen molar-refractivity contribution in [3.8, 4) is 0 Å². The summed E-state index contributed by atoms with van der Waals surface area (Å²) in [4.78, 5) is 26.1. The summed E-state index contributed by atoms with van der Waals surface area (Å²) >= 11 is 0. The highest BCUT2D eigenvalue weighted by molar-refractivity contribution is 5.97. The van der Waals surface area contributed by atoms with Crippen molar-refractivity contribution in [2.75, 3.05) is 32.8 Å². The SMILES string of the molecule is CCNC(=O)NC(=O)[C@H](c1ccccc1)N1CCOCC1. The Bertz CT molecular complexity index is 472. The number of hydrogen-bond acceptors (Lipinski definition) is 4.